The normalized spacial score (nSPS) is 10.5. The lowest BCUT2D eigenvalue weighted by molar-refractivity contribution is -0.874. The lowest BCUT2D eigenvalue weighted by atomic mass is 10.2. The molecule has 0 aliphatic rings. The van der Waals surface area contributed by atoms with Gasteiger partial charge in [0.1, 0.15) is 19.6 Å². The van der Waals surface area contributed by atoms with Gasteiger partial charge in [-0.1, -0.05) is 19.7 Å². The molecule has 13 heavy (non-hydrogen) atoms. The molecule has 0 aromatic heterocycles. The maximum atomic E-state index is 4.01. The molecule has 0 heterocycles. The first-order chi connectivity index (χ1) is 6.13. The van der Waals surface area contributed by atoms with E-state index in [1.54, 1.807) is 0 Å². The molecule has 0 N–H and O–H groups in total. The summed E-state index contributed by atoms with van der Waals surface area (Å²) in [5.41, 5.74) is 1.12. The Morgan fingerprint density at radius 2 is 1.31 bits per heavy atom. The van der Waals surface area contributed by atoms with E-state index in [0.29, 0.717) is 0 Å². The van der Waals surface area contributed by atoms with Crippen LogP contribution in [0.3, 0.4) is 0 Å². The minimum Gasteiger partial charge on any atom is -0.286 e. The topological polar surface area (TPSA) is 0 Å². The molecule has 0 aromatic rings. The van der Waals surface area contributed by atoms with Crippen LogP contribution in [0.1, 0.15) is 6.92 Å². The summed E-state index contributed by atoms with van der Waals surface area (Å²) in [5.74, 6) is 0. The summed E-state index contributed by atoms with van der Waals surface area (Å²) in [6.45, 7) is 20.0. The van der Waals surface area contributed by atoms with E-state index >= 15 is 0 Å². The molecule has 0 rings (SSSR count). The zero-order valence-electron chi connectivity index (χ0n) is 8.63. The van der Waals surface area contributed by atoms with E-state index in [-0.39, 0.29) is 0 Å². The summed E-state index contributed by atoms with van der Waals surface area (Å²) in [7, 11) is 0. The zero-order chi connectivity index (χ0) is 10.3. The van der Waals surface area contributed by atoms with E-state index in [0.717, 1.165) is 29.8 Å². The van der Waals surface area contributed by atoms with Gasteiger partial charge in [0.05, 0.1) is 5.70 Å². The predicted molar refractivity (Wildman–Crippen MR) is 60.3 cm³/mol. The molecule has 72 valence electrons. The second-order valence-corrected chi connectivity index (χ2v) is 3.29. The minimum atomic E-state index is 0.788. The molecule has 0 saturated heterocycles. The first-order valence-corrected chi connectivity index (χ1v) is 4.48. The second-order valence-electron chi connectivity index (χ2n) is 3.29. The smallest absolute Gasteiger partial charge is 0.102 e. The molecular weight excluding hydrogens is 158 g/mol. The van der Waals surface area contributed by atoms with E-state index in [2.05, 4.69) is 26.3 Å². The highest BCUT2D eigenvalue weighted by Gasteiger charge is 2.23. The van der Waals surface area contributed by atoms with Crippen molar-refractivity contribution >= 4 is 0 Å². The van der Waals surface area contributed by atoms with Gasteiger partial charge in [-0.15, -0.1) is 0 Å². The van der Waals surface area contributed by atoms with E-state index < -0.39 is 0 Å². The first kappa shape index (κ1) is 11.9. The van der Waals surface area contributed by atoms with Crippen molar-refractivity contribution < 1.29 is 4.48 Å². The SMILES string of the molecule is C=CC[N+](CC=C)(CC=C)C(=C)C. The second kappa shape index (κ2) is 5.55. The summed E-state index contributed by atoms with van der Waals surface area (Å²) < 4.78 is 0.788. The molecule has 0 aliphatic carbocycles. The van der Waals surface area contributed by atoms with Crippen LogP contribution in [0.25, 0.3) is 0 Å². The van der Waals surface area contributed by atoms with Crippen LogP contribution >= 0.6 is 0 Å². The molecule has 0 spiro atoms. The number of allylic oxidation sites excluding steroid dienone is 1. The van der Waals surface area contributed by atoms with Crippen molar-refractivity contribution in [3.05, 3.63) is 50.2 Å². The van der Waals surface area contributed by atoms with Crippen LogP contribution < -0.4 is 0 Å². The van der Waals surface area contributed by atoms with Gasteiger partial charge in [-0.2, -0.15) is 0 Å². The molecule has 1 nitrogen and oxygen atoms in total. The molecule has 0 radical (unpaired) electrons. The van der Waals surface area contributed by atoms with E-state index in [9.17, 15) is 0 Å². The summed E-state index contributed by atoms with van der Waals surface area (Å²) in [4.78, 5) is 0. The highest BCUT2D eigenvalue weighted by atomic mass is 15.3. The van der Waals surface area contributed by atoms with Gasteiger partial charge in [0, 0.05) is 6.92 Å². The average molecular weight is 178 g/mol. The molecule has 0 unspecified atom stereocenters. The van der Waals surface area contributed by atoms with Crippen molar-refractivity contribution in [2.75, 3.05) is 19.6 Å². The summed E-state index contributed by atoms with van der Waals surface area (Å²) in [6.07, 6.45) is 5.76. The molecular formula is C12H20N+. The van der Waals surface area contributed by atoms with Crippen LogP contribution in [-0.2, 0) is 0 Å². The Hall–Kier alpha value is -1.08. The predicted octanol–water partition coefficient (Wildman–Crippen LogP) is 2.89. The van der Waals surface area contributed by atoms with Gasteiger partial charge in [-0.3, -0.25) is 4.48 Å². The van der Waals surface area contributed by atoms with Crippen molar-refractivity contribution in [2.24, 2.45) is 0 Å². The highest BCUT2D eigenvalue weighted by Crippen LogP contribution is 2.16. The Morgan fingerprint density at radius 1 is 1.00 bits per heavy atom. The number of hydrogen-bond acceptors (Lipinski definition) is 0. The fraction of sp³-hybridized carbons (Fsp3) is 0.333. The third kappa shape index (κ3) is 3.03. The Bertz CT molecular complexity index is 187. The van der Waals surface area contributed by atoms with Crippen LogP contribution in [0.5, 0.6) is 0 Å². The van der Waals surface area contributed by atoms with Crippen molar-refractivity contribution in [3.8, 4) is 0 Å². The van der Waals surface area contributed by atoms with Gasteiger partial charge >= 0.3 is 0 Å². The maximum Gasteiger partial charge on any atom is 0.102 e. The average Bonchev–Trinajstić information content (AvgIpc) is 2.05. The first-order valence-electron chi connectivity index (χ1n) is 4.48. The summed E-state index contributed by atoms with van der Waals surface area (Å²) in [6, 6.07) is 0. The van der Waals surface area contributed by atoms with Gasteiger partial charge in [0.25, 0.3) is 0 Å². The Morgan fingerprint density at radius 3 is 1.46 bits per heavy atom. The lowest BCUT2D eigenvalue weighted by Crippen LogP contribution is -2.46. The minimum absolute atomic E-state index is 0.788. The fourth-order valence-electron chi connectivity index (χ4n) is 1.43. The van der Waals surface area contributed by atoms with Gasteiger partial charge in [0.15, 0.2) is 0 Å². The van der Waals surface area contributed by atoms with Crippen LogP contribution in [-0.4, -0.2) is 24.1 Å². The standard InChI is InChI=1S/C12H20N/c1-6-9-13(10-7-2,11-8-3)12(4)5/h6-8H,1-4,9-11H2,5H3/q+1. The van der Waals surface area contributed by atoms with Gasteiger partial charge in [-0.25, -0.2) is 0 Å². The third-order valence-electron chi connectivity index (χ3n) is 2.25. The van der Waals surface area contributed by atoms with Gasteiger partial charge < -0.3 is 0 Å². The summed E-state index contributed by atoms with van der Waals surface area (Å²) >= 11 is 0. The number of rotatable bonds is 7. The molecule has 0 fully saturated rings. The molecule has 0 bridgehead atoms. The molecule has 0 aromatic carbocycles. The van der Waals surface area contributed by atoms with Gasteiger partial charge in [-0.05, 0) is 24.8 Å². The van der Waals surface area contributed by atoms with Crippen molar-refractivity contribution in [1.82, 2.24) is 0 Å². The Kier molecular flexibility index (Phi) is 5.09. The molecule has 0 atom stereocenters. The number of quaternary nitrogens is 1. The third-order valence-corrected chi connectivity index (χ3v) is 2.25. The largest absolute Gasteiger partial charge is 0.286 e. The monoisotopic (exact) mass is 178 g/mol. The quantitative estimate of drug-likeness (QED) is 0.415. The van der Waals surface area contributed by atoms with E-state index in [4.69, 9.17) is 0 Å². The Labute approximate surface area is 82.0 Å². The number of hydrogen-bond donors (Lipinski definition) is 0. The maximum absolute atomic E-state index is 4.01. The van der Waals surface area contributed by atoms with E-state index in [1.807, 2.05) is 25.2 Å². The van der Waals surface area contributed by atoms with Crippen molar-refractivity contribution in [1.29, 1.82) is 0 Å². The van der Waals surface area contributed by atoms with Crippen molar-refractivity contribution in [3.63, 3.8) is 0 Å². The molecule has 0 amide bonds. The summed E-state index contributed by atoms with van der Waals surface area (Å²) in [5, 5.41) is 0. The number of nitrogens with zero attached hydrogens (tertiary/aromatic N) is 1. The zero-order valence-corrected chi connectivity index (χ0v) is 8.63. The van der Waals surface area contributed by atoms with Crippen LogP contribution in [0, 0.1) is 0 Å². The van der Waals surface area contributed by atoms with Crippen molar-refractivity contribution in [2.45, 2.75) is 6.92 Å². The van der Waals surface area contributed by atoms with Crippen LogP contribution in [0.4, 0.5) is 0 Å². The van der Waals surface area contributed by atoms with Crippen LogP contribution in [0.15, 0.2) is 50.2 Å². The Balaban J connectivity index is 4.76. The molecule has 1 heteroatoms. The lowest BCUT2D eigenvalue weighted by Gasteiger charge is -2.35. The van der Waals surface area contributed by atoms with Crippen LogP contribution in [0.2, 0.25) is 0 Å². The molecule has 0 saturated carbocycles. The van der Waals surface area contributed by atoms with Gasteiger partial charge in [0.2, 0.25) is 0 Å². The van der Waals surface area contributed by atoms with E-state index in [1.165, 1.54) is 0 Å². The highest BCUT2D eigenvalue weighted by molar-refractivity contribution is 4.87. The fourth-order valence-corrected chi connectivity index (χ4v) is 1.43. The molecule has 0 aliphatic heterocycles.